The van der Waals surface area contributed by atoms with Gasteiger partial charge in [0.25, 0.3) is 0 Å². The van der Waals surface area contributed by atoms with E-state index in [1.165, 1.54) is 0 Å². The predicted octanol–water partition coefficient (Wildman–Crippen LogP) is 3.48. The van der Waals surface area contributed by atoms with Crippen molar-refractivity contribution < 1.29 is 14.3 Å². The van der Waals surface area contributed by atoms with E-state index in [1.807, 2.05) is 30.7 Å². The van der Waals surface area contributed by atoms with Gasteiger partial charge in [0.1, 0.15) is 13.2 Å². The molecule has 1 aromatic carbocycles. The van der Waals surface area contributed by atoms with Crippen LogP contribution >= 0.6 is 11.6 Å². The van der Waals surface area contributed by atoms with Gasteiger partial charge in [0.15, 0.2) is 11.5 Å². The number of nitrogens with zero attached hydrogens (tertiary/aromatic N) is 2. The molecule has 152 valence electrons. The second kappa shape index (κ2) is 8.86. The number of nitrogens with one attached hydrogen (secondary N) is 1. The highest BCUT2D eigenvalue weighted by Gasteiger charge is 2.18. The molecular weight excluding hydrogens is 378 g/mol. The fourth-order valence-electron chi connectivity index (χ4n) is 3.39. The summed E-state index contributed by atoms with van der Waals surface area (Å²) >= 11 is 6.27. The molecule has 0 radical (unpaired) electrons. The number of carbonyl (C=O) groups excluding carboxylic acids is 1. The Morgan fingerprint density at radius 1 is 1.29 bits per heavy atom. The number of rotatable bonds is 7. The number of hydrogen-bond donors (Lipinski definition) is 1. The first-order chi connectivity index (χ1) is 13.3. The van der Waals surface area contributed by atoms with Crippen LogP contribution in [-0.2, 0) is 24.2 Å². The van der Waals surface area contributed by atoms with Gasteiger partial charge in [0.05, 0.1) is 17.1 Å². The minimum Gasteiger partial charge on any atom is -0.486 e. The van der Waals surface area contributed by atoms with Crippen LogP contribution in [0.2, 0.25) is 5.02 Å². The number of ether oxygens (including phenoxy) is 2. The zero-order valence-corrected chi connectivity index (χ0v) is 17.7. The molecule has 2 heterocycles. The van der Waals surface area contributed by atoms with Gasteiger partial charge in [0, 0.05) is 24.3 Å². The largest absolute Gasteiger partial charge is 0.486 e. The normalized spacial score (nSPS) is 13.1. The average molecular weight is 406 g/mol. The third-order valence-corrected chi connectivity index (χ3v) is 5.08. The Morgan fingerprint density at radius 2 is 2.04 bits per heavy atom. The van der Waals surface area contributed by atoms with Gasteiger partial charge in [-0.25, -0.2) is 0 Å². The van der Waals surface area contributed by atoms with E-state index in [9.17, 15) is 4.79 Å². The molecule has 0 atom stereocenters. The Hall–Kier alpha value is -2.21. The highest BCUT2D eigenvalue weighted by atomic mass is 35.5. The first-order valence-corrected chi connectivity index (χ1v) is 10.1. The minimum atomic E-state index is -0.000984. The SMILES string of the molecule is Cc1nn(CC(C)C)c(C)c1CC(=O)NCCc1cc(Cl)c2c(c1)OCCO2. The highest BCUT2D eigenvalue weighted by Crippen LogP contribution is 2.38. The fraction of sp³-hybridized carbons (Fsp3) is 0.524. The zero-order chi connectivity index (χ0) is 20.3. The van der Waals surface area contributed by atoms with Crippen molar-refractivity contribution in [1.29, 1.82) is 0 Å². The van der Waals surface area contributed by atoms with Crippen LogP contribution in [0.3, 0.4) is 0 Å². The van der Waals surface area contributed by atoms with Gasteiger partial charge >= 0.3 is 0 Å². The van der Waals surface area contributed by atoms with Gasteiger partial charge < -0.3 is 14.8 Å². The molecule has 1 aromatic heterocycles. The summed E-state index contributed by atoms with van der Waals surface area (Å²) in [6, 6.07) is 3.79. The summed E-state index contributed by atoms with van der Waals surface area (Å²) in [6.07, 6.45) is 1.02. The minimum absolute atomic E-state index is 0.000984. The molecule has 0 saturated heterocycles. The molecule has 1 aliphatic heterocycles. The first-order valence-electron chi connectivity index (χ1n) is 9.72. The van der Waals surface area contributed by atoms with Gasteiger partial charge in [-0.3, -0.25) is 9.48 Å². The van der Waals surface area contributed by atoms with Gasteiger partial charge in [-0.05, 0) is 43.9 Å². The molecule has 7 heteroatoms. The van der Waals surface area contributed by atoms with Crippen LogP contribution in [0.25, 0.3) is 0 Å². The molecule has 0 saturated carbocycles. The number of benzene rings is 1. The number of fused-ring (bicyclic) bond motifs is 1. The molecule has 0 spiro atoms. The van der Waals surface area contributed by atoms with Crippen molar-refractivity contribution in [1.82, 2.24) is 15.1 Å². The van der Waals surface area contributed by atoms with Crippen LogP contribution in [0.1, 0.15) is 36.4 Å². The van der Waals surface area contributed by atoms with Gasteiger partial charge in [-0.15, -0.1) is 0 Å². The first kappa shape index (κ1) is 20.5. The van der Waals surface area contributed by atoms with Crippen molar-refractivity contribution >= 4 is 17.5 Å². The molecule has 1 amide bonds. The zero-order valence-electron chi connectivity index (χ0n) is 17.0. The van der Waals surface area contributed by atoms with Crippen molar-refractivity contribution in [3.05, 3.63) is 39.7 Å². The average Bonchev–Trinajstić information content (AvgIpc) is 2.88. The maximum Gasteiger partial charge on any atom is 0.224 e. The maximum atomic E-state index is 12.4. The molecule has 1 N–H and O–H groups in total. The lowest BCUT2D eigenvalue weighted by Gasteiger charge is -2.20. The second-order valence-corrected chi connectivity index (χ2v) is 8.01. The summed E-state index contributed by atoms with van der Waals surface area (Å²) in [6.45, 7) is 10.7. The summed E-state index contributed by atoms with van der Waals surface area (Å²) in [5.41, 5.74) is 4.01. The molecule has 2 aromatic rings. The molecule has 0 aliphatic carbocycles. The molecule has 1 aliphatic rings. The maximum absolute atomic E-state index is 12.4. The quantitative estimate of drug-likeness (QED) is 0.765. The van der Waals surface area contributed by atoms with E-state index in [0.29, 0.717) is 55.0 Å². The van der Waals surface area contributed by atoms with Crippen LogP contribution < -0.4 is 14.8 Å². The van der Waals surface area contributed by atoms with E-state index < -0.39 is 0 Å². The van der Waals surface area contributed by atoms with E-state index in [2.05, 4.69) is 24.3 Å². The van der Waals surface area contributed by atoms with Crippen LogP contribution in [0.5, 0.6) is 11.5 Å². The Labute approximate surface area is 171 Å². The Kier molecular flexibility index (Phi) is 6.50. The van der Waals surface area contributed by atoms with Gasteiger partial charge in [-0.2, -0.15) is 5.10 Å². The summed E-state index contributed by atoms with van der Waals surface area (Å²) in [5, 5.41) is 8.11. The molecule has 3 rings (SSSR count). The van der Waals surface area contributed by atoms with Crippen LogP contribution in [0, 0.1) is 19.8 Å². The van der Waals surface area contributed by atoms with Crippen molar-refractivity contribution in [3.8, 4) is 11.5 Å². The van der Waals surface area contributed by atoms with Crippen molar-refractivity contribution in [2.45, 2.75) is 47.1 Å². The van der Waals surface area contributed by atoms with E-state index in [0.717, 1.165) is 29.1 Å². The fourth-order valence-corrected chi connectivity index (χ4v) is 3.68. The van der Waals surface area contributed by atoms with E-state index in [4.69, 9.17) is 21.1 Å². The summed E-state index contributed by atoms with van der Waals surface area (Å²) < 4.78 is 13.1. The molecule has 0 unspecified atom stereocenters. The number of aryl methyl sites for hydroxylation is 1. The second-order valence-electron chi connectivity index (χ2n) is 7.60. The number of amides is 1. The monoisotopic (exact) mass is 405 g/mol. The number of halogens is 1. The van der Waals surface area contributed by atoms with E-state index in [-0.39, 0.29) is 5.91 Å². The summed E-state index contributed by atoms with van der Waals surface area (Å²) in [4.78, 5) is 12.4. The van der Waals surface area contributed by atoms with Crippen LogP contribution in [-0.4, -0.2) is 35.4 Å². The summed E-state index contributed by atoms with van der Waals surface area (Å²) in [5.74, 6) is 1.78. The smallest absolute Gasteiger partial charge is 0.224 e. The predicted molar refractivity (Wildman–Crippen MR) is 109 cm³/mol. The third-order valence-electron chi connectivity index (χ3n) is 4.80. The molecule has 0 bridgehead atoms. The molecule has 0 fully saturated rings. The lowest BCUT2D eigenvalue weighted by Crippen LogP contribution is -2.27. The van der Waals surface area contributed by atoms with Crippen molar-refractivity contribution in [2.24, 2.45) is 5.92 Å². The summed E-state index contributed by atoms with van der Waals surface area (Å²) in [7, 11) is 0. The number of aromatic nitrogens is 2. The van der Waals surface area contributed by atoms with Crippen LogP contribution in [0.4, 0.5) is 0 Å². The third kappa shape index (κ3) is 4.79. The number of carbonyl (C=O) groups is 1. The molecule has 28 heavy (non-hydrogen) atoms. The van der Waals surface area contributed by atoms with Crippen molar-refractivity contribution in [3.63, 3.8) is 0 Å². The van der Waals surface area contributed by atoms with E-state index >= 15 is 0 Å². The Balaban J connectivity index is 1.55. The van der Waals surface area contributed by atoms with Crippen molar-refractivity contribution in [2.75, 3.05) is 19.8 Å². The standard InChI is InChI=1S/C21H28ClN3O3/c1-13(2)12-25-15(4)17(14(3)24-25)11-20(26)23-6-5-16-9-18(22)21-19(10-16)27-7-8-28-21/h9-10,13H,5-8,11-12H2,1-4H3,(H,23,26). The topological polar surface area (TPSA) is 65.4 Å². The van der Waals surface area contributed by atoms with E-state index in [1.54, 1.807) is 0 Å². The highest BCUT2D eigenvalue weighted by molar-refractivity contribution is 6.32. The lowest BCUT2D eigenvalue weighted by atomic mass is 10.1. The molecular formula is C21H28ClN3O3. The number of hydrogen-bond acceptors (Lipinski definition) is 4. The van der Waals surface area contributed by atoms with Gasteiger partial charge in [0.2, 0.25) is 5.91 Å². The van der Waals surface area contributed by atoms with Gasteiger partial charge in [-0.1, -0.05) is 25.4 Å². The Bertz CT molecular complexity index is 861. The molecule has 6 nitrogen and oxygen atoms in total. The van der Waals surface area contributed by atoms with Crippen LogP contribution in [0.15, 0.2) is 12.1 Å². The lowest BCUT2D eigenvalue weighted by molar-refractivity contribution is -0.120. The Morgan fingerprint density at radius 3 is 2.79 bits per heavy atom.